The Hall–Kier alpha value is -3.10. The van der Waals surface area contributed by atoms with E-state index in [1.54, 1.807) is 16.5 Å². The van der Waals surface area contributed by atoms with Gasteiger partial charge in [0.2, 0.25) is 0 Å². The molecule has 0 unspecified atom stereocenters. The van der Waals surface area contributed by atoms with Gasteiger partial charge in [0.1, 0.15) is 11.5 Å². The number of hydrogen-bond acceptors (Lipinski definition) is 6. The van der Waals surface area contributed by atoms with E-state index < -0.39 is 0 Å². The minimum Gasteiger partial charge on any atom is -0.379 e. The van der Waals surface area contributed by atoms with Crippen molar-refractivity contribution in [3.63, 3.8) is 0 Å². The normalized spacial score (nSPS) is 14.5. The van der Waals surface area contributed by atoms with Crippen molar-refractivity contribution in [1.82, 2.24) is 19.7 Å². The Labute approximate surface area is 184 Å². The van der Waals surface area contributed by atoms with Crippen molar-refractivity contribution in [1.29, 1.82) is 5.41 Å². The lowest BCUT2D eigenvalue weighted by Gasteiger charge is -2.31. The van der Waals surface area contributed by atoms with Crippen molar-refractivity contribution < 1.29 is 4.79 Å². The Balaban J connectivity index is 2.01. The number of rotatable bonds is 7. The number of aromatic nitrogens is 3. The summed E-state index contributed by atoms with van der Waals surface area (Å²) in [4.78, 5) is 21.4. The number of carbonyl (C=O) groups excluding carboxylic acids is 1. The zero-order chi connectivity index (χ0) is 22.9. The smallest absolute Gasteiger partial charge is 0.326 e. The van der Waals surface area contributed by atoms with Gasteiger partial charge in [0.15, 0.2) is 0 Å². The van der Waals surface area contributed by atoms with Crippen LogP contribution in [0.5, 0.6) is 0 Å². The Morgan fingerprint density at radius 2 is 2.00 bits per heavy atom. The third-order valence-corrected chi connectivity index (χ3v) is 5.13. The van der Waals surface area contributed by atoms with E-state index in [0.717, 1.165) is 16.9 Å². The van der Waals surface area contributed by atoms with Crippen molar-refractivity contribution in [2.75, 3.05) is 28.6 Å². The second-order valence-corrected chi connectivity index (χ2v) is 9.31. The molecule has 0 spiro atoms. The van der Waals surface area contributed by atoms with E-state index in [0.29, 0.717) is 36.9 Å². The molecule has 0 aliphatic carbocycles. The molecule has 1 aliphatic rings. The molecule has 3 rings (SSSR count). The first-order valence-electron chi connectivity index (χ1n) is 10.6. The van der Waals surface area contributed by atoms with Crippen molar-refractivity contribution in [3.05, 3.63) is 29.7 Å². The quantitative estimate of drug-likeness (QED) is 0.586. The highest BCUT2D eigenvalue weighted by atomic mass is 16.2. The topological polar surface area (TPSA) is 102 Å². The number of carbonyl (C=O) groups is 1. The standard InChI is InChI=1S/C22H34N8O/c1-14(2)26-20-17(24-11-16-12-25-28(7)13-16)10-18(27-19(20)15(3)23)29-8-9-30(21(29)31)22(4,5)6/h10,12-14,23,26H,8-9,11H2,1-7H3,(H,24,27). The van der Waals surface area contributed by atoms with E-state index in [4.69, 9.17) is 10.4 Å². The van der Waals surface area contributed by atoms with Gasteiger partial charge in [0.05, 0.1) is 23.3 Å². The third-order valence-electron chi connectivity index (χ3n) is 5.13. The fourth-order valence-electron chi connectivity index (χ4n) is 3.65. The monoisotopic (exact) mass is 426 g/mol. The van der Waals surface area contributed by atoms with Crippen LogP contribution in [0.1, 0.15) is 52.8 Å². The van der Waals surface area contributed by atoms with Crippen LogP contribution in [0.25, 0.3) is 0 Å². The second-order valence-electron chi connectivity index (χ2n) is 9.31. The van der Waals surface area contributed by atoms with Crippen molar-refractivity contribution in [2.24, 2.45) is 7.05 Å². The highest BCUT2D eigenvalue weighted by molar-refractivity contribution is 6.04. The highest BCUT2D eigenvalue weighted by Crippen LogP contribution is 2.33. The molecule has 31 heavy (non-hydrogen) atoms. The van der Waals surface area contributed by atoms with Gasteiger partial charge in [-0.3, -0.25) is 9.58 Å². The van der Waals surface area contributed by atoms with Crippen LogP contribution in [-0.4, -0.2) is 56.1 Å². The van der Waals surface area contributed by atoms with Crippen molar-refractivity contribution >= 4 is 28.9 Å². The van der Waals surface area contributed by atoms with Crippen LogP contribution in [-0.2, 0) is 13.6 Å². The lowest BCUT2D eigenvalue weighted by atomic mass is 10.1. The Kier molecular flexibility index (Phi) is 6.24. The van der Waals surface area contributed by atoms with Crippen molar-refractivity contribution in [2.45, 2.75) is 59.7 Å². The average Bonchev–Trinajstić information content (AvgIpc) is 3.25. The maximum absolute atomic E-state index is 13.1. The lowest BCUT2D eigenvalue weighted by Crippen LogP contribution is -2.44. The van der Waals surface area contributed by atoms with Gasteiger partial charge < -0.3 is 20.9 Å². The first-order valence-corrected chi connectivity index (χ1v) is 10.6. The van der Waals surface area contributed by atoms with Crippen LogP contribution in [0.3, 0.4) is 0 Å². The number of hydrogen-bond donors (Lipinski definition) is 3. The predicted molar refractivity (Wildman–Crippen MR) is 125 cm³/mol. The summed E-state index contributed by atoms with van der Waals surface area (Å²) in [6.45, 7) is 13.7. The molecule has 0 radical (unpaired) electrons. The minimum atomic E-state index is -0.257. The van der Waals surface area contributed by atoms with E-state index in [9.17, 15) is 4.79 Å². The number of nitrogens with zero attached hydrogens (tertiary/aromatic N) is 5. The molecular weight excluding hydrogens is 392 g/mol. The van der Waals surface area contributed by atoms with Gasteiger partial charge in [-0.1, -0.05) is 0 Å². The zero-order valence-corrected chi connectivity index (χ0v) is 19.6. The molecule has 3 N–H and O–H groups in total. The summed E-state index contributed by atoms with van der Waals surface area (Å²) >= 11 is 0. The van der Waals surface area contributed by atoms with Gasteiger partial charge in [0.25, 0.3) is 0 Å². The SMILES string of the molecule is CC(=N)c1nc(N2CCN(C(C)(C)C)C2=O)cc(NCc2cnn(C)c2)c1NC(C)C. The summed E-state index contributed by atoms with van der Waals surface area (Å²) < 4.78 is 1.76. The first-order chi connectivity index (χ1) is 14.5. The van der Waals surface area contributed by atoms with Gasteiger partial charge in [-0.25, -0.2) is 9.78 Å². The van der Waals surface area contributed by atoms with E-state index in [-0.39, 0.29) is 17.6 Å². The highest BCUT2D eigenvalue weighted by Gasteiger charge is 2.37. The van der Waals surface area contributed by atoms with Gasteiger partial charge in [-0.15, -0.1) is 0 Å². The molecule has 2 aromatic rings. The number of urea groups is 1. The predicted octanol–water partition coefficient (Wildman–Crippen LogP) is 3.68. The van der Waals surface area contributed by atoms with E-state index >= 15 is 0 Å². The van der Waals surface area contributed by atoms with Crippen LogP contribution < -0.4 is 15.5 Å². The summed E-state index contributed by atoms with van der Waals surface area (Å²) in [5, 5.41) is 19.4. The minimum absolute atomic E-state index is 0.0589. The molecule has 9 nitrogen and oxygen atoms in total. The number of nitrogens with one attached hydrogen (secondary N) is 3. The van der Waals surface area contributed by atoms with Gasteiger partial charge in [0, 0.05) is 56.1 Å². The molecule has 2 aromatic heterocycles. The van der Waals surface area contributed by atoms with Crippen LogP contribution in [0.4, 0.5) is 22.0 Å². The number of amides is 2. The molecule has 2 amide bonds. The van der Waals surface area contributed by atoms with E-state index in [1.807, 2.05) is 65.0 Å². The molecule has 3 heterocycles. The largest absolute Gasteiger partial charge is 0.379 e. The number of anilines is 3. The van der Waals surface area contributed by atoms with Gasteiger partial charge in [-0.2, -0.15) is 5.10 Å². The molecule has 0 atom stereocenters. The molecule has 0 saturated carbocycles. The molecule has 9 heteroatoms. The molecule has 168 valence electrons. The maximum Gasteiger partial charge on any atom is 0.326 e. The molecular formula is C22H34N8O. The number of aryl methyl sites for hydroxylation is 1. The summed E-state index contributed by atoms with van der Waals surface area (Å²) in [6, 6.07) is 2.00. The van der Waals surface area contributed by atoms with E-state index in [2.05, 4.69) is 15.7 Å². The first kappa shape index (κ1) is 22.6. The fraction of sp³-hybridized carbons (Fsp3) is 0.545. The molecule has 1 saturated heterocycles. The Bertz CT molecular complexity index is 972. The van der Waals surface area contributed by atoms with Crippen molar-refractivity contribution in [3.8, 4) is 0 Å². The van der Waals surface area contributed by atoms with Crippen LogP contribution in [0, 0.1) is 5.41 Å². The summed E-state index contributed by atoms with van der Waals surface area (Å²) in [7, 11) is 1.89. The number of pyridine rings is 1. The van der Waals surface area contributed by atoms with Crippen LogP contribution >= 0.6 is 0 Å². The van der Waals surface area contributed by atoms with Crippen LogP contribution in [0.2, 0.25) is 0 Å². The van der Waals surface area contributed by atoms with Gasteiger partial charge in [-0.05, 0) is 41.5 Å². The third kappa shape index (κ3) is 4.98. The summed E-state index contributed by atoms with van der Waals surface area (Å²) in [6.07, 6.45) is 3.78. The Morgan fingerprint density at radius 3 is 2.52 bits per heavy atom. The molecule has 1 fully saturated rings. The second kappa shape index (κ2) is 8.56. The fourth-order valence-corrected chi connectivity index (χ4v) is 3.65. The lowest BCUT2D eigenvalue weighted by molar-refractivity contribution is 0.173. The van der Waals surface area contributed by atoms with Gasteiger partial charge >= 0.3 is 6.03 Å². The van der Waals surface area contributed by atoms with Crippen LogP contribution in [0.15, 0.2) is 18.5 Å². The zero-order valence-electron chi connectivity index (χ0n) is 19.6. The van der Waals surface area contributed by atoms with E-state index in [1.165, 1.54) is 0 Å². The summed E-state index contributed by atoms with van der Waals surface area (Å²) in [5.74, 6) is 0.557. The summed E-state index contributed by atoms with van der Waals surface area (Å²) in [5.41, 5.74) is 3.25. The average molecular weight is 427 g/mol. The molecule has 1 aliphatic heterocycles. The Morgan fingerprint density at radius 1 is 1.29 bits per heavy atom. The molecule has 0 bridgehead atoms. The maximum atomic E-state index is 13.1. The molecule has 0 aromatic carbocycles.